The summed E-state index contributed by atoms with van der Waals surface area (Å²) in [5, 5.41) is 16.7. The van der Waals surface area contributed by atoms with Crippen LogP contribution in [0.25, 0.3) is 153 Å². The van der Waals surface area contributed by atoms with E-state index >= 15 is 0 Å². The molecule has 0 spiro atoms. The van der Waals surface area contributed by atoms with E-state index < -0.39 is 0 Å². The number of furan rings is 2. The predicted octanol–water partition coefficient (Wildman–Crippen LogP) is 19.6. The first-order chi connectivity index (χ1) is 34.7. The van der Waals surface area contributed by atoms with E-state index in [2.05, 4.69) is 237 Å². The Morgan fingerprint density at radius 2 is 0.614 bits per heavy atom. The van der Waals surface area contributed by atoms with Crippen molar-refractivity contribution in [1.82, 2.24) is 0 Å². The quantitative estimate of drug-likeness (QED) is 0.161. The second-order valence-corrected chi connectivity index (χ2v) is 18.6. The molecular formula is C68H40O2. The number of benzene rings is 13. The molecule has 0 unspecified atom stereocenters. The van der Waals surface area contributed by atoms with Gasteiger partial charge >= 0.3 is 0 Å². The van der Waals surface area contributed by atoms with Gasteiger partial charge in [0.1, 0.15) is 22.3 Å². The second-order valence-electron chi connectivity index (χ2n) is 18.6. The van der Waals surface area contributed by atoms with E-state index in [0.29, 0.717) is 0 Å². The van der Waals surface area contributed by atoms with E-state index in [4.69, 9.17) is 8.83 Å². The van der Waals surface area contributed by atoms with Gasteiger partial charge in [-0.1, -0.05) is 212 Å². The average Bonchev–Trinajstić information content (AvgIpc) is 4.01. The molecule has 0 saturated carbocycles. The maximum atomic E-state index is 6.99. The molecule has 0 aliphatic rings. The summed E-state index contributed by atoms with van der Waals surface area (Å²) >= 11 is 0. The number of para-hydroxylation sites is 2. The lowest BCUT2D eigenvalue weighted by atomic mass is 9.83. The fraction of sp³-hybridized carbons (Fsp3) is 0. The average molecular weight is 889 g/mol. The van der Waals surface area contributed by atoms with Crippen molar-refractivity contribution in [2.24, 2.45) is 0 Å². The fourth-order valence-corrected chi connectivity index (χ4v) is 11.9. The summed E-state index contributed by atoms with van der Waals surface area (Å²) in [6.45, 7) is 0. The van der Waals surface area contributed by atoms with Crippen LogP contribution in [0.4, 0.5) is 0 Å². The smallest absolute Gasteiger partial charge is 0.143 e. The van der Waals surface area contributed by atoms with Gasteiger partial charge in [0, 0.05) is 27.1 Å². The van der Waals surface area contributed by atoms with Gasteiger partial charge in [0.05, 0.1) is 0 Å². The Morgan fingerprint density at radius 3 is 1.20 bits per heavy atom. The number of hydrogen-bond acceptors (Lipinski definition) is 2. The number of rotatable bonds is 5. The van der Waals surface area contributed by atoms with Crippen LogP contribution in [0, 0.1) is 0 Å². The van der Waals surface area contributed by atoms with Crippen LogP contribution in [-0.2, 0) is 0 Å². The van der Waals surface area contributed by atoms with Gasteiger partial charge in [0.25, 0.3) is 0 Å². The molecule has 15 aromatic rings. The second kappa shape index (κ2) is 15.1. The predicted molar refractivity (Wildman–Crippen MR) is 296 cm³/mol. The Kier molecular flexibility index (Phi) is 8.39. The van der Waals surface area contributed by atoms with Gasteiger partial charge in [0.2, 0.25) is 0 Å². The molecule has 0 N–H and O–H groups in total. The highest BCUT2D eigenvalue weighted by molar-refractivity contribution is 6.28. The van der Waals surface area contributed by atoms with Crippen LogP contribution < -0.4 is 0 Å². The van der Waals surface area contributed by atoms with Gasteiger partial charge in [-0.25, -0.2) is 0 Å². The first-order valence-electron chi connectivity index (χ1n) is 24.1. The van der Waals surface area contributed by atoms with Crippen LogP contribution in [0.1, 0.15) is 0 Å². The van der Waals surface area contributed by atoms with Crippen molar-refractivity contribution in [2.45, 2.75) is 0 Å². The molecule has 2 heteroatoms. The minimum atomic E-state index is 0.876. The van der Waals surface area contributed by atoms with Crippen LogP contribution in [0.15, 0.2) is 251 Å². The van der Waals surface area contributed by atoms with Crippen LogP contribution in [-0.4, -0.2) is 0 Å². The minimum Gasteiger partial charge on any atom is -0.456 e. The molecule has 324 valence electrons. The summed E-state index contributed by atoms with van der Waals surface area (Å²) in [7, 11) is 0. The monoisotopic (exact) mass is 888 g/mol. The molecule has 2 heterocycles. The van der Waals surface area contributed by atoms with Gasteiger partial charge in [-0.3, -0.25) is 0 Å². The third-order valence-electron chi connectivity index (χ3n) is 14.9. The van der Waals surface area contributed by atoms with Crippen molar-refractivity contribution >= 4 is 97.7 Å². The van der Waals surface area contributed by atoms with Gasteiger partial charge < -0.3 is 8.83 Å². The van der Waals surface area contributed by atoms with Crippen molar-refractivity contribution in [2.75, 3.05) is 0 Å². The van der Waals surface area contributed by atoms with E-state index in [-0.39, 0.29) is 0 Å². The van der Waals surface area contributed by atoms with Gasteiger partial charge in [-0.05, 0) is 134 Å². The Labute approximate surface area is 402 Å². The summed E-state index contributed by atoms with van der Waals surface area (Å²) in [4.78, 5) is 0. The van der Waals surface area contributed by atoms with E-state index in [1.165, 1.54) is 87.2 Å². The van der Waals surface area contributed by atoms with Crippen molar-refractivity contribution < 1.29 is 8.83 Å². The Hall–Kier alpha value is -9.24. The van der Waals surface area contributed by atoms with Gasteiger partial charge in [0.15, 0.2) is 0 Å². The lowest BCUT2D eigenvalue weighted by molar-refractivity contribution is 0.669. The third kappa shape index (κ3) is 5.68. The first kappa shape index (κ1) is 38.8. The van der Waals surface area contributed by atoms with E-state index in [1.807, 2.05) is 6.07 Å². The molecule has 0 aliphatic carbocycles. The topological polar surface area (TPSA) is 26.3 Å². The summed E-state index contributed by atoms with van der Waals surface area (Å²) in [5.74, 6) is 0. The Balaban J connectivity index is 0.919. The molecule has 0 amide bonds. The first-order valence-corrected chi connectivity index (χ1v) is 24.1. The Morgan fingerprint density at radius 1 is 0.214 bits per heavy atom. The zero-order valence-electron chi connectivity index (χ0n) is 37.9. The molecule has 70 heavy (non-hydrogen) atoms. The molecule has 0 fully saturated rings. The lowest BCUT2D eigenvalue weighted by Gasteiger charge is -2.19. The maximum absolute atomic E-state index is 6.99. The van der Waals surface area contributed by atoms with Crippen molar-refractivity contribution in [1.29, 1.82) is 0 Å². The molecule has 2 nitrogen and oxygen atoms in total. The van der Waals surface area contributed by atoms with Crippen molar-refractivity contribution in [3.63, 3.8) is 0 Å². The van der Waals surface area contributed by atoms with E-state index in [0.717, 1.165) is 66.1 Å². The molecule has 2 aromatic heterocycles. The zero-order valence-corrected chi connectivity index (χ0v) is 37.9. The summed E-state index contributed by atoms with van der Waals surface area (Å²) in [5.41, 5.74) is 15.4. The lowest BCUT2D eigenvalue weighted by Crippen LogP contribution is -1.92. The molecule has 0 atom stereocenters. The maximum Gasteiger partial charge on any atom is 0.143 e. The normalized spacial score (nSPS) is 12.0. The van der Waals surface area contributed by atoms with Gasteiger partial charge in [-0.15, -0.1) is 0 Å². The van der Waals surface area contributed by atoms with Crippen LogP contribution in [0.2, 0.25) is 0 Å². The largest absolute Gasteiger partial charge is 0.456 e. The molecule has 0 radical (unpaired) electrons. The molecule has 0 saturated heterocycles. The fourth-order valence-electron chi connectivity index (χ4n) is 11.9. The molecule has 0 aliphatic heterocycles. The number of hydrogen-bond donors (Lipinski definition) is 0. The Bertz CT molecular complexity index is 4530. The summed E-state index contributed by atoms with van der Waals surface area (Å²) < 4.78 is 13.4. The van der Waals surface area contributed by atoms with Crippen molar-refractivity contribution in [3.05, 3.63) is 243 Å². The molecule has 13 aromatic carbocycles. The van der Waals surface area contributed by atoms with Crippen LogP contribution in [0.3, 0.4) is 0 Å². The van der Waals surface area contributed by atoms with Crippen LogP contribution >= 0.6 is 0 Å². The highest BCUT2D eigenvalue weighted by atomic mass is 16.3. The molecule has 0 bridgehead atoms. The summed E-state index contributed by atoms with van der Waals surface area (Å²) in [6, 6.07) is 88.2. The third-order valence-corrected chi connectivity index (χ3v) is 14.9. The van der Waals surface area contributed by atoms with Crippen molar-refractivity contribution in [3.8, 4) is 55.6 Å². The highest BCUT2D eigenvalue weighted by Crippen LogP contribution is 2.50. The summed E-state index contributed by atoms with van der Waals surface area (Å²) in [6.07, 6.45) is 0. The molecule has 15 rings (SSSR count). The SMILES string of the molecule is c1ccc2cc(-c3c4ccccc4c(-c4ccc(-c5ccc(-c6c7ccccc7c(-c7cccc8oc9ccccc9c78)c7ccccc67)cc5)c5oc6ccccc6c45)c4ccccc34)ccc2c1. The standard InChI is InChI=1S/C68H40O2/c1-2-17-44-40-45(37-32-41(44)16-1)63-49-20-5-9-24-53(49)65(54-25-10-6-21-50(54)63)58-39-38-46(68-67(58)56-27-12-14-30-60(56)70-68)42-33-35-43(36-34-42)62-47-18-3-7-22-51(47)64(52-23-8-4-19-48(52)62)57-28-15-31-61-66(57)55-26-11-13-29-59(55)69-61/h1-40H. The van der Waals surface area contributed by atoms with Gasteiger partial charge in [-0.2, -0.15) is 0 Å². The van der Waals surface area contributed by atoms with Crippen LogP contribution in [0.5, 0.6) is 0 Å². The number of fused-ring (bicyclic) bond motifs is 11. The minimum absolute atomic E-state index is 0.876. The van der Waals surface area contributed by atoms with E-state index in [9.17, 15) is 0 Å². The highest BCUT2D eigenvalue weighted by Gasteiger charge is 2.24. The zero-order chi connectivity index (χ0) is 45.9. The van der Waals surface area contributed by atoms with E-state index in [1.54, 1.807) is 0 Å². The molecular weight excluding hydrogens is 849 g/mol.